The quantitative estimate of drug-likeness (QED) is 0.656. The molecule has 0 fully saturated rings. The Labute approximate surface area is 146 Å². The maximum absolute atomic E-state index is 12.5. The minimum absolute atomic E-state index is 0.223. The van der Waals surface area contributed by atoms with E-state index in [1.165, 1.54) is 0 Å². The number of nitrogens with zero attached hydrogens (tertiary/aromatic N) is 5. The second kappa shape index (κ2) is 6.11. The Morgan fingerprint density at radius 1 is 1.30 bits per heavy atom. The maximum atomic E-state index is 12.5. The number of carbonyl (C=O) groups excluding carboxylic acids is 1. The first kappa shape index (κ1) is 15.7. The number of carbonyl (C=O) groups is 1. The summed E-state index contributed by atoms with van der Waals surface area (Å²) in [6.07, 6.45) is 1.65. The van der Waals surface area contributed by atoms with Crippen molar-refractivity contribution >= 4 is 51.4 Å². The van der Waals surface area contributed by atoms with Gasteiger partial charge in [-0.15, -0.1) is 0 Å². The fraction of sp³-hybridized carbons (Fsp3) is 0.200. The van der Waals surface area contributed by atoms with Crippen LogP contribution in [0, 0.1) is 3.57 Å². The normalized spacial score (nSPS) is 10.8. The maximum Gasteiger partial charge on any atom is 0.256 e. The molecular formula is C15H15IN6O. The van der Waals surface area contributed by atoms with Crippen LogP contribution in [0.4, 0.5) is 11.8 Å². The molecule has 2 aromatic heterocycles. The number of hydrogen-bond acceptors (Lipinski definition) is 5. The highest BCUT2D eigenvalue weighted by atomic mass is 127. The van der Waals surface area contributed by atoms with Crippen LogP contribution in [0.3, 0.4) is 0 Å². The van der Waals surface area contributed by atoms with Gasteiger partial charge in [-0.1, -0.05) is 6.07 Å². The molecule has 1 N–H and O–H groups in total. The number of hydrogen-bond donors (Lipinski definition) is 1. The van der Waals surface area contributed by atoms with Crippen molar-refractivity contribution in [2.24, 2.45) is 7.05 Å². The summed E-state index contributed by atoms with van der Waals surface area (Å²) in [4.78, 5) is 27.4. The van der Waals surface area contributed by atoms with Crippen LogP contribution in [0.25, 0.3) is 11.2 Å². The number of imidazole rings is 1. The highest BCUT2D eigenvalue weighted by Gasteiger charge is 2.16. The van der Waals surface area contributed by atoms with Gasteiger partial charge in [0.25, 0.3) is 5.91 Å². The van der Waals surface area contributed by atoms with E-state index in [0.29, 0.717) is 28.5 Å². The van der Waals surface area contributed by atoms with E-state index in [0.717, 1.165) is 3.57 Å². The van der Waals surface area contributed by atoms with Gasteiger partial charge in [-0.2, -0.15) is 9.97 Å². The van der Waals surface area contributed by atoms with E-state index in [-0.39, 0.29) is 5.91 Å². The summed E-state index contributed by atoms with van der Waals surface area (Å²) in [7, 11) is 5.55. The molecule has 0 radical (unpaired) electrons. The molecule has 3 aromatic rings. The van der Waals surface area contributed by atoms with Crippen LogP contribution >= 0.6 is 22.6 Å². The number of fused-ring (bicyclic) bond motifs is 1. The van der Waals surface area contributed by atoms with E-state index in [4.69, 9.17) is 0 Å². The van der Waals surface area contributed by atoms with Crippen molar-refractivity contribution in [2.45, 2.75) is 0 Å². The fourth-order valence-corrected chi connectivity index (χ4v) is 2.64. The number of aryl methyl sites for hydroxylation is 1. The highest BCUT2D eigenvalue weighted by molar-refractivity contribution is 14.1. The molecule has 0 aliphatic heterocycles. The molecule has 0 spiro atoms. The number of aromatic nitrogens is 4. The van der Waals surface area contributed by atoms with E-state index in [9.17, 15) is 4.79 Å². The highest BCUT2D eigenvalue weighted by Crippen LogP contribution is 2.22. The second-order valence-corrected chi connectivity index (χ2v) is 6.50. The van der Waals surface area contributed by atoms with Crippen LogP contribution in [0.1, 0.15) is 10.4 Å². The minimum atomic E-state index is -0.223. The molecule has 118 valence electrons. The number of benzene rings is 1. The van der Waals surface area contributed by atoms with E-state index < -0.39 is 0 Å². The first-order chi connectivity index (χ1) is 11.0. The van der Waals surface area contributed by atoms with Crippen LogP contribution in [-0.2, 0) is 7.05 Å². The Morgan fingerprint density at radius 2 is 2.09 bits per heavy atom. The summed E-state index contributed by atoms with van der Waals surface area (Å²) < 4.78 is 2.79. The number of rotatable bonds is 3. The molecule has 3 rings (SSSR count). The van der Waals surface area contributed by atoms with E-state index in [1.54, 1.807) is 21.9 Å². The van der Waals surface area contributed by atoms with Crippen molar-refractivity contribution in [3.63, 3.8) is 0 Å². The number of amides is 1. The van der Waals surface area contributed by atoms with Crippen LogP contribution in [0.5, 0.6) is 0 Å². The van der Waals surface area contributed by atoms with Crippen LogP contribution in [0.2, 0.25) is 0 Å². The van der Waals surface area contributed by atoms with Crippen LogP contribution in [0.15, 0.2) is 30.6 Å². The number of nitrogens with one attached hydrogen (secondary N) is 1. The Kier molecular flexibility index (Phi) is 4.16. The summed E-state index contributed by atoms with van der Waals surface area (Å²) in [5, 5.41) is 2.84. The minimum Gasteiger partial charge on any atom is -0.347 e. The standard InChI is InChI=1S/C15H15IN6O/c1-21(2)15-19-12(11-13(20-15)22(3)8-17-11)18-14(23)9-5-4-6-10(16)7-9/h4-8H,1-3H3,(H,18,19,20,23). The predicted octanol–water partition coefficient (Wildman–Crippen LogP) is 2.29. The number of anilines is 2. The van der Waals surface area contributed by atoms with Crippen molar-refractivity contribution in [1.82, 2.24) is 19.5 Å². The smallest absolute Gasteiger partial charge is 0.256 e. The topological polar surface area (TPSA) is 75.9 Å². The summed E-state index contributed by atoms with van der Waals surface area (Å²) in [5.41, 5.74) is 1.81. The predicted molar refractivity (Wildman–Crippen MR) is 97.7 cm³/mol. The van der Waals surface area contributed by atoms with Gasteiger partial charge < -0.3 is 14.8 Å². The Morgan fingerprint density at radius 3 is 2.78 bits per heavy atom. The summed E-state index contributed by atoms with van der Waals surface area (Å²) in [5.74, 6) is 0.695. The molecular weight excluding hydrogens is 407 g/mol. The largest absolute Gasteiger partial charge is 0.347 e. The molecule has 7 nitrogen and oxygen atoms in total. The van der Waals surface area contributed by atoms with Crippen molar-refractivity contribution in [3.05, 3.63) is 39.7 Å². The lowest BCUT2D eigenvalue weighted by molar-refractivity contribution is 0.102. The monoisotopic (exact) mass is 422 g/mol. The Bertz CT molecular complexity index is 889. The van der Waals surface area contributed by atoms with Crippen molar-refractivity contribution in [1.29, 1.82) is 0 Å². The summed E-state index contributed by atoms with van der Waals surface area (Å²) in [6.45, 7) is 0. The summed E-state index contributed by atoms with van der Waals surface area (Å²) in [6, 6.07) is 7.36. The first-order valence-corrected chi connectivity index (χ1v) is 7.97. The third-order valence-electron chi connectivity index (χ3n) is 3.27. The molecule has 1 amide bonds. The van der Waals surface area contributed by atoms with Gasteiger partial charge >= 0.3 is 0 Å². The zero-order valence-corrected chi connectivity index (χ0v) is 15.1. The van der Waals surface area contributed by atoms with E-state index in [2.05, 4.69) is 42.9 Å². The number of halogens is 1. The van der Waals surface area contributed by atoms with Crippen molar-refractivity contribution < 1.29 is 4.79 Å². The van der Waals surface area contributed by atoms with Crippen LogP contribution < -0.4 is 10.2 Å². The van der Waals surface area contributed by atoms with Gasteiger partial charge in [0.1, 0.15) is 0 Å². The lowest BCUT2D eigenvalue weighted by Crippen LogP contribution is -2.17. The fourth-order valence-electron chi connectivity index (χ4n) is 2.09. The molecule has 8 heteroatoms. The average molecular weight is 422 g/mol. The van der Waals surface area contributed by atoms with Gasteiger partial charge in [-0.05, 0) is 40.8 Å². The molecule has 0 unspecified atom stereocenters. The molecule has 0 atom stereocenters. The molecule has 0 bridgehead atoms. The van der Waals surface area contributed by atoms with Gasteiger partial charge in [0.05, 0.1) is 6.33 Å². The molecule has 0 aliphatic rings. The summed E-state index contributed by atoms with van der Waals surface area (Å²) >= 11 is 2.17. The molecule has 1 aromatic carbocycles. The average Bonchev–Trinajstić information content (AvgIpc) is 2.89. The first-order valence-electron chi connectivity index (χ1n) is 6.89. The zero-order valence-electron chi connectivity index (χ0n) is 12.9. The Balaban J connectivity index is 2.03. The third kappa shape index (κ3) is 3.11. The molecule has 2 heterocycles. The lowest BCUT2D eigenvalue weighted by atomic mass is 10.2. The molecule has 23 heavy (non-hydrogen) atoms. The molecule has 0 saturated heterocycles. The Hall–Kier alpha value is -2.23. The third-order valence-corrected chi connectivity index (χ3v) is 3.94. The van der Waals surface area contributed by atoms with E-state index in [1.807, 2.05) is 39.3 Å². The van der Waals surface area contributed by atoms with Gasteiger partial charge in [-0.3, -0.25) is 4.79 Å². The second-order valence-electron chi connectivity index (χ2n) is 5.26. The van der Waals surface area contributed by atoms with Gasteiger partial charge in [0, 0.05) is 30.3 Å². The van der Waals surface area contributed by atoms with E-state index >= 15 is 0 Å². The zero-order chi connectivity index (χ0) is 16.6. The van der Waals surface area contributed by atoms with Crippen molar-refractivity contribution in [3.8, 4) is 0 Å². The SMILES string of the molecule is CN(C)c1nc(NC(=O)c2cccc(I)c2)c2ncn(C)c2n1. The van der Waals surface area contributed by atoms with Gasteiger partial charge in [0.15, 0.2) is 17.0 Å². The molecule has 0 saturated carbocycles. The lowest BCUT2D eigenvalue weighted by Gasteiger charge is -2.12. The van der Waals surface area contributed by atoms with Gasteiger partial charge in [0.2, 0.25) is 5.95 Å². The van der Waals surface area contributed by atoms with Gasteiger partial charge in [-0.25, -0.2) is 4.98 Å². The van der Waals surface area contributed by atoms with Crippen molar-refractivity contribution in [2.75, 3.05) is 24.3 Å². The van der Waals surface area contributed by atoms with Crippen LogP contribution in [-0.4, -0.2) is 39.5 Å². The molecule has 0 aliphatic carbocycles.